The zero-order valence-electron chi connectivity index (χ0n) is 12.9. The molecule has 1 aliphatic heterocycles. The molecular weight excluding hydrogens is 279 g/mol. The number of rotatable bonds is 3. The van der Waals surface area contributed by atoms with Crippen molar-refractivity contribution in [3.05, 3.63) is 59.2 Å². The standard InChI is InChI=1S/C18H21FN2O/c1-20-15(13-14-7-3-4-8-16(14)19)9-10-17(20)18(22)21-11-5-2-6-12-21/h3-4,7-10H,2,5-6,11-13H2,1H3. The fraction of sp³-hybridized carbons (Fsp3) is 0.389. The lowest BCUT2D eigenvalue weighted by Crippen LogP contribution is -2.36. The molecule has 1 aliphatic rings. The minimum absolute atomic E-state index is 0.0852. The van der Waals surface area contributed by atoms with Crippen molar-refractivity contribution < 1.29 is 9.18 Å². The molecule has 0 unspecified atom stereocenters. The third-order valence-corrected chi connectivity index (χ3v) is 4.42. The summed E-state index contributed by atoms with van der Waals surface area (Å²) in [7, 11) is 1.88. The van der Waals surface area contributed by atoms with Gasteiger partial charge in [-0.05, 0) is 43.0 Å². The highest BCUT2D eigenvalue weighted by Gasteiger charge is 2.21. The number of piperidine rings is 1. The second-order valence-electron chi connectivity index (χ2n) is 5.89. The molecular formula is C18H21FN2O. The Balaban J connectivity index is 1.80. The van der Waals surface area contributed by atoms with Gasteiger partial charge in [0.05, 0.1) is 0 Å². The summed E-state index contributed by atoms with van der Waals surface area (Å²) in [5.74, 6) is -0.116. The molecule has 0 bridgehead atoms. The molecule has 22 heavy (non-hydrogen) atoms. The van der Waals surface area contributed by atoms with E-state index in [1.54, 1.807) is 12.1 Å². The summed E-state index contributed by atoms with van der Waals surface area (Å²) in [5, 5.41) is 0. The first-order valence-electron chi connectivity index (χ1n) is 7.84. The number of benzene rings is 1. The van der Waals surface area contributed by atoms with Gasteiger partial charge < -0.3 is 9.47 Å². The number of aromatic nitrogens is 1. The molecule has 1 fully saturated rings. The normalized spacial score (nSPS) is 15.1. The highest BCUT2D eigenvalue weighted by atomic mass is 19.1. The van der Waals surface area contributed by atoms with Gasteiger partial charge in [-0.15, -0.1) is 0 Å². The van der Waals surface area contributed by atoms with Gasteiger partial charge in [0.15, 0.2) is 0 Å². The lowest BCUT2D eigenvalue weighted by Gasteiger charge is -2.26. The van der Waals surface area contributed by atoms with Crippen LogP contribution < -0.4 is 0 Å². The van der Waals surface area contributed by atoms with Gasteiger partial charge in [-0.25, -0.2) is 4.39 Å². The van der Waals surface area contributed by atoms with E-state index in [1.807, 2.05) is 34.7 Å². The molecule has 0 atom stereocenters. The van der Waals surface area contributed by atoms with Crippen molar-refractivity contribution in [2.75, 3.05) is 13.1 Å². The summed E-state index contributed by atoms with van der Waals surface area (Å²) in [6, 6.07) is 10.6. The first-order valence-corrected chi connectivity index (χ1v) is 7.84. The lowest BCUT2D eigenvalue weighted by molar-refractivity contribution is 0.0714. The Morgan fingerprint density at radius 2 is 1.82 bits per heavy atom. The maximum Gasteiger partial charge on any atom is 0.270 e. The molecule has 3 nitrogen and oxygen atoms in total. The van der Waals surface area contributed by atoms with Crippen LogP contribution in [0.4, 0.5) is 4.39 Å². The summed E-state index contributed by atoms with van der Waals surface area (Å²) in [6.45, 7) is 1.68. The molecule has 1 saturated heterocycles. The van der Waals surface area contributed by atoms with E-state index in [1.165, 1.54) is 12.5 Å². The van der Waals surface area contributed by atoms with Gasteiger partial charge in [-0.1, -0.05) is 18.2 Å². The zero-order chi connectivity index (χ0) is 15.5. The first kappa shape index (κ1) is 14.8. The van der Waals surface area contributed by atoms with E-state index in [4.69, 9.17) is 0 Å². The van der Waals surface area contributed by atoms with Crippen molar-refractivity contribution in [1.29, 1.82) is 0 Å². The van der Waals surface area contributed by atoms with Gasteiger partial charge in [0, 0.05) is 32.3 Å². The lowest BCUT2D eigenvalue weighted by atomic mass is 10.1. The van der Waals surface area contributed by atoms with Crippen molar-refractivity contribution in [3.63, 3.8) is 0 Å². The smallest absolute Gasteiger partial charge is 0.270 e. The summed E-state index contributed by atoms with van der Waals surface area (Å²) in [6.07, 6.45) is 3.86. The number of halogens is 1. The zero-order valence-corrected chi connectivity index (χ0v) is 12.9. The van der Waals surface area contributed by atoms with Crippen LogP contribution in [0.3, 0.4) is 0 Å². The fourth-order valence-electron chi connectivity index (χ4n) is 3.04. The Hall–Kier alpha value is -2.10. The van der Waals surface area contributed by atoms with Crippen molar-refractivity contribution >= 4 is 5.91 Å². The van der Waals surface area contributed by atoms with Gasteiger partial charge >= 0.3 is 0 Å². The van der Waals surface area contributed by atoms with Crippen LogP contribution in [-0.2, 0) is 13.5 Å². The first-order chi connectivity index (χ1) is 10.7. The molecule has 1 aromatic carbocycles. The molecule has 0 aliphatic carbocycles. The van der Waals surface area contributed by atoms with Crippen LogP contribution in [0.2, 0.25) is 0 Å². The third-order valence-electron chi connectivity index (χ3n) is 4.42. The van der Waals surface area contributed by atoms with E-state index in [2.05, 4.69) is 0 Å². The van der Waals surface area contributed by atoms with Gasteiger partial charge in [-0.2, -0.15) is 0 Å². The minimum atomic E-state index is -0.201. The number of nitrogens with zero attached hydrogens (tertiary/aromatic N) is 2. The Labute approximate surface area is 130 Å². The number of hydrogen-bond donors (Lipinski definition) is 0. The molecule has 3 rings (SSSR count). The van der Waals surface area contributed by atoms with Crippen molar-refractivity contribution in [2.24, 2.45) is 7.05 Å². The highest BCUT2D eigenvalue weighted by Crippen LogP contribution is 2.18. The average molecular weight is 300 g/mol. The maximum atomic E-state index is 13.8. The third kappa shape index (κ3) is 2.91. The molecule has 1 amide bonds. The van der Waals surface area contributed by atoms with Crippen LogP contribution >= 0.6 is 0 Å². The van der Waals surface area contributed by atoms with Crippen LogP contribution in [-0.4, -0.2) is 28.5 Å². The predicted molar refractivity (Wildman–Crippen MR) is 84.4 cm³/mol. The van der Waals surface area contributed by atoms with Gasteiger partial charge in [0.2, 0.25) is 0 Å². The van der Waals surface area contributed by atoms with Gasteiger partial charge in [0.25, 0.3) is 5.91 Å². The van der Waals surface area contributed by atoms with Gasteiger partial charge in [0.1, 0.15) is 11.5 Å². The summed E-state index contributed by atoms with van der Waals surface area (Å²) in [4.78, 5) is 14.5. The van der Waals surface area contributed by atoms with Crippen LogP contribution in [0.1, 0.15) is 41.0 Å². The molecule has 0 N–H and O–H groups in total. The topological polar surface area (TPSA) is 25.2 Å². The molecule has 0 spiro atoms. The number of carbonyl (C=O) groups is 1. The van der Waals surface area contributed by atoms with E-state index in [-0.39, 0.29) is 11.7 Å². The monoisotopic (exact) mass is 300 g/mol. The number of amides is 1. The van der Waals surface area contributed by atoms with Gasteiger partial charge in [-0.3, -0.25) is 4.79 Å². The second-order valence-corrected chi connectivity index (χ2v) is 5.89. The average Bonchev–Trinajstić information content (AvgIpc) is 2.91. The molecule has 2 aromatic rings. The molecule has 4 heteroatoms. The molecule has 0 saturated carbocycles. The van der Waals surface area contributed by atoms with Crippen LogP contribution in [0.15, 0.2) is 36.4 Å². The summed E-state index contributed by atoms with van der Waals surface area (Å²) in [5.41, 5.74) is 2.29. The Morgan fingerprint density at radius 1 is 1.09 bits per heavy atom. The molecule has 1 aromatic heterocycles. The van der Waals surface area contributed by atoms with E-state index in [0.29, 0.717) is 17.7 Å². The SMILES string of the molecule is Cn1c(Cc2ccccc2F)ccc1C(=O)N1CCCCC1. The van der Waals surface area contributed by atoms with Crippen LogP contribution in [0, 0.1) is 5.82 Å². The number of likely N-dealkylation sites (tertiary alicyclic amines) is 1. The maximum absolute atomic E-state index is 13.8. The van der Waals surface area contributed by atoms with Crippen molar-refractivity contribution in [3.8, 4) is 0 Å². The fourth-order valence-corrected chi connectivity index (χ4v) is 3.04. The quantitative estimate of drug-likeness (QED) is 0.853. The molecule has 0 radical (unpaired) electrons. The second kappa shape index (κ2) is 6.34. The van der Waals surface area contributed by atoms with E-state index in [9.17, 15) is 9.18 Å². The Kier molecular flexibility index (Phi) is 4.27. The summed E-state index contributed by atoms with van der Waals surface area (Å²) >= 11 is 0. The number of carbonyl (C=O) groups excluding carboxylic acids is 1. The Morgan fingerprint density at radius 3 is 2.55 bits per heavy atom. The minimum Gasteiger partial charge on any atom is -0.343 e. The largest absolute Gasteiger partial charge is 0.343 e. The van der Waals surface area contributed by atoms with Crippen LogP contribution in [0.5, 0.6) is 0 Å². The Bertz CT molecular complexity index is 671. The number of hydrogen-bond acceptors (Lipinski definition) is 1. The summed E-state index contributed by atoms with van der Waals surface area (Å²) < 4.78 is 15.7. The van der Waals surface area contributed by atoms with Crippen molar-refractivity contribution in [2.45, 2.75) is 25.7 Å². The predicted octanol–water partition coefficient (Wildman–Crippen LogP) is 3.38. The van der Waals surface area contributed by atoms with E-state index in [0.717, 1.165) is 31.6 Å². The van der Waals surface area contributed by atoms with E-state index >= 15 is 0 Å². The van der Waals surface area contributed by atoms with E-state index < -0.39 is 0 Å². The van der Waals surface area contributed by atoms with Crippen molar-refractivity contribution in [1.82, 2.24) is 9.47 Å². The molecule has 116 valence electrons. The molecule has 2 heterocycles. The van der Waals surface area contributed by atoms with Crippen LogP contribution in [0.25, 0.3) is 0 Å². The highest BCUT2D eigenvalue weighted by molar-refractivity contribution is 5.93.